The number of fused-ring (bicyclic) bond motifs is 1. The lowest BCUT2D eigenvalue weighted by atomic mass is 10.0. The predicted octanol–water partition coefficient (Wildman–Crippen LogP) is 5.89. The minimum atomic E-state index is -0.689. The van der Waals surface area contributed by atoms with Crippen LogP contribution in [0, 0.1) is 5.82 Å². The van der Waals surface area contributed by atoms with Crippen LogP contribution in [-0.4, -0.2) is 36.2 Å². The number of aromatic amines is 1. The normalized spacial score (nSPS) is 10.9. The molecule has 1 amide bonds. The minimum absolute atomic E-state index is 0.159. The number of nitrogens with one attached hydrogen (secondary N) is 2. The molecule has 4 aromatic carbocycles. The van der Waals surface area contributed by atoms with E-state index >= 15 is 0 Å². The van der Waals surface area contributed by atoms with E-state index in [1.54, 1.807) is 30.3 Å². The summed E-state index contributed by atoms with van der Waals surface area (Å²) in [6.45, 7) is 1.26. The summed E-state index contributed by atoms with van der Waals surface area (Å²) in [7, 11) is 1.38. The van der Waals surface area contributed by atoms with Gasteiger partial charge >= 0.3 is 11.9 Å². The smallest absolute Gasteiger partial charge is 0.343 e. The number of H-pyrrole nitrogens is 1. The summed E-state index contributed by atoms with van der Waals surface area (Å²) in [5.74, 6) is -1.64. The minimum Gasteiger partial charge on any atom is -0.493 e. The van der Waals surface area contributed by atoms with Crippen LogP contribution in [0.15, 0.2) is 96.1 Å². The third kappa shape index (κ3) is 6.02. The average molecular weight is 566 g/mol. The first kappa shape index (κ1) is 27.8. The van der Waals surface area contributed by atoms with Gasteiger partial charge in [-0.05, 0) is 54.1 Å². The molecule has 0 spiro atoms. The fraction of sp³-hybridized carbons (Fsp3) is 0.0625. The van der Waals surface area contributed by atoms with E-state index in [0.717, 1.165) is 5.56 Å². The number of nitrogens with zero attached hydrogens (tertiary/aromatic N) is 1. The Hall–Kier alpha value is -5.77. The van der Waals surface area contributed by atoms with Crippen LogP contribution < -0.4 is 19.6 Å². The maximum absolute atomic E-state index is 14.1. The van der Waals surface area contributed by atoms with Crippen molar-refractivity contribution in [3.63, 3.8) is 0 Å². The molecule has 1 heterocycles. The second-order valence-electron chi connectivity index (χ2n) is 9.02. The van der Waals surface area contributed by atoms with Gasteiger partial charge in [-0.3, -0.25) is 9.59 Å². The second-order valence-corrected chi connectivity index (χ2v) is 9.02. The van der Waals surface area contributed by atoms with E-state index in [1.807, 2.05) is 30.3 Å². The summed E-state index contributed by atoms with van der Waals surface area (Å²) >= 11 is 0. The molecular weight excluding hydrogens is 541 g/mol. The second kappa shape index (κ2) is 12.2. The standard InChI is InChI=1S/C32H24FN3O6/c1-19(37)41-27-15-12-21(16-28(27)40-2)32(39)42-26-11-7-6-10-22(26)18-34-36-31(38)30-29(20-8-4-3-5-9-20)24-17-23(33)13-14-25(24)35-30/h3-18,35H,1-2H3,(H,36,38). The molecule has 0 radical (unpaired) electrons. The zero-order valence-electron chi connectivity index (χ0n) is 22.5. The summed E-state index contributed by atoms with van der Waals surface area (Å²) in [6, 6.07) is 24.3. The summed E-state index contributed by atoms with van der Waals surface area (Å²) in [5, 5.41) is 4.63. The van der Waals surface area contributed by atoms with E-state index in [1.165, 1.54) is 50.6 Å². The molecule has 10 heteroatoms. The number of hydrazone groups is 1. The van der Waals surface area contributed by atoms with Gasteiger partial charge in [-0.15, -0.1) is 0 Å². The van der Waals surface area contributed by atoms with Gasteiger partial charge in [0.2, 0.25) is 0 Å². The number of amides is 1. The number of carbonyl (C=O) groups is 3. The lowest BCUT2D eigenvalue weighted by molar-refractivity contribution is -0.132. The Bertz CT molecular complexity index is 1830. The summed E-state index contributed by atoms with van der Waals surface area (Å²) in [6.07, 6.45) is 1.34. The van der Waals surface area contributed by atoms with Crippen LogP contribution in [0.4, 0.5) is 4.39 Å². The highest BCUT2D eigenvalue weighted by molar-refractivity contribution is 6.09. The number of benzene rings is 4. The zero-order chi connectivity index (χ0) is 29.6. The number of esters is 2. The molecule has 5 rings (SSSR count). The Morgan fingerprint density at radius 2 is 1.62 bits per heavy atom. The van der Waals surface area contributed by atoms with Crippen molar-refractivity contribution in [1.29, 1.82) is 0 Å². The van der Waals surface area contributed by atoms with E-state index in [0.29, 0.717) is 22.0 Å². The van der Waals surface area contributed by atoms with Crippen molar-refractivity contribution in [3.8, 4) is 28.4 Å². The number of ether oxygens (including phenoxy) is 3. The molecule has 0 aliphatic heterocycles. The van der Waals surface area contributed by atoms with Crippen LogP contribution >= 0.6 is 0 Å². The highest BCUT2D eigenvalue weighted by atomic mass is 19.1. The first-order valence-electron chi connectivity index (χ1n) is 12.7. The first-order chi connectivity index (χ1) is 20.3. The Kier molecular flexibility index (Phi) is 8.05. The van der Waals surface area contributed by atoms with Crippen LogP contribution in [0.25, 0.3) is 22.0 Å². The molecule has 0 saturated carbocycles. The summed E-state index contributed by atoms with van der Waals surface area (Å²) in [5.41, 5.74) is 5.15. The third-order valence-electron chi connectivity index (χ3n) is 6.19. The predicted molar refractivity (Wildman–Crippen MR) is 154 cm³/mol. The molecular formula is C32H24FN3O6. The summed E-state index contributed by atoms with van der Waals surface area (Å²) < 4.78 is 29.9. The number of hydrogen-bond donors (Lipinski definition) is 2. The number of aromatic nitrogens is 1. The van der Waals surface area contributed by atoms with Crippen LogP contribution in [0.5, 0.6) is 17.2 Å². The molecule has 0 atom stereocenters. The molecule has 0 aliphatic carbocycles. The zero-order valence-corrected chi connectivity index (χ0v) is 22.5. The van der Waals surface area contributed by atoms with E-state index in [2.05, 4.69) is 15.5 Å². The number of rotatable bonds is 8. The van der Waals surface area contributed by atoms with Gasteiger partial charge in [-0.2, -0.15) is 5.10 Å². The van der Waals surface area contributed by atoms with Crippen molar-refractivity contribution in [2.75, 3.05) is 7.11 Å². The van der Waals surface area contributed by atoms with Crippen molar-refractivity contribution < 1.29 is 33.0 Å². The van der Waals surface area contributed by atoms with Gasteiger partial charge in [0.1, 0.15) is 17.3 Å². The Balaban J connectivity index is 1.36. The molecule has 1 aromatic heterocycles. The van der Waals surface area contributed by atoms with Crippen molar-refractivity contribution in [3.05, 3.63) is 114 Å². The number of para-hydroxylation sites is 1. The highest BCUT2D eigenvalue weighted by Crippen LogP contribution is 2.33. The molecule has 0 fully saturated rings. The lowest BCUT2D eigenvalue weighted by Crippen LogP contribution is -2.19. The molecule has 0 saturated heterocycles. The van der Waals surface area contributed by atoms with Crippen LogP contribution in [0.2, 0.25) is 0 Å². The molecule has 2 N–H and O–H groups in total. The number of hydrogen-bond acceptors (Lipinski definition) is 7. The molecule has 0 bridgehead atoms. The summed E-state index contributed by atoms with van der Waals surface area (Å²) in [4.78, 5) is 40.5. The molecule has 0 unspecified atom stereocenters. The Labute approximate surface area is 239 Å². The topological polar surface area (TPSA) is 119 Å². The number of carbonyl (C=O) groups excluding carboxylic acids is 3. The van der Waals surface area contributed by atoms with Crippen molar-refractivity contribution in [2.24, 2.45) is 5.10 Å². The molecule has 0 aliphatic rings. The van der Waals surface area contributed by atoms with Gasteiger partial charge in [0.25, 0.3) is 5.91 Å². The number of methoxy groups -OCH3 is 1. The van der Waals surface area contributed by atoms with E-state index < -0.39 is 23.7 Å². The third-order valence-corrected chi connectivity index (χ3v) is 6.19. The van der Waals surface area contributed by atoms with Crippen LogP contribution in [0.1, 0.15) is 33.3 Å². The monoisotopic (exact) mass is 565 g/mol. The number of halogens is 1. The van der Waals surface area contributed by atoms with E-state index in [4.69, 9.17) is 14.2 Å². The van der Waals surface area contributed by atoms with E-state index in [9.17, 15) is 18.8 Å². The highest BCUT2D eigenvalue weighted by Gasteiger charge is 2.20. The van der Waals surface area contributed by atoms with Crippen molar-refractivity contribution in [1.82, 2.24) is 10.4 Å². The largest absolute Gasteiger partial charge is 0.493 e. The molecule has 210 valence electrons. The van der Waals surface area contributed by atoms with Gasteiger partial charge in [0, 0.05) is 29.0 Å². The van der Waals surface area contributed by atoms with Crippen molar-refractivity contribution >= 4 is 35.0 Å². The quantitative estimate of drug-likeness (QED) is 0.105. The SMILES string of the molecule is COc1cc(C(=O)Oc2ccccc2C=NNC(=O)c2[nH]c3ccc(F)cc3c2-c2ccccc2)ccc1OC(C)=O. The fourth-order valence-corrected chi connectivity index (χ4v) is 4.33. The maximum atomic E-state index is 14.1. The van der Waals surface area contributed by atoms with Gasteiger partial charge < -0.3 is 19.2 Å². The average Bonchev–Trinajstić information content (AvgIpc) is 3.37. The van der Waals surface area contributed by atoms with Gasteiger partial charge in [-0.25, -0.2) is 14.6 Å². The van der Waals surface area contributed by atoms with Gasteiger partial charge in [0.15, 0.2) is 11.5 Å². The molecule has 9 nitrogen and oxygen atoms in total. The van der Waals surface area contributed by atoms with Crippen molar-refractivity contribution in [2.45, 2.75) is 6.92 Å². The Morgan fingerprint density at radius 1 is 0.857 bits per heavy atom. The first-order valence-corrected chi connectivity index (χ1v) is 12.7. The van der Waals surface area contributed by atoms with Crippen LogP contribution in [-0.2, 0) is 4.79 Å². The lowest BCUT2D eigenvalue weighted by Gasteiger charge is -2.11. The van der Waals surface area contributed by atoms with E-state index in [-0.39, 0.29) is 28.5 Å². The Morgan fingerprint density at radius 3 is 2.38 bits per heavy atom. The van der Waals surface area contributed by atoms with Gasteiger partial charge in [0.05, 0.1) is 18.9 Å². The van der Waals surface area contributed by atoms with Crippen LogP contribution in [0.3, 0.4) is 0 Å². The molecule has 42 heavy (non-hydrogen) atoms. The fourth-order valence-electron chi connectivity index (χ4n) is 4.33. The molecule has 5 aromatic rings. The van der Waals surface area contributed by atoms with Gasteiger partial charge in [-0.1, -0.05) is 42.5 Å². The maximum Gasteiger partial charge on any atom is 0.343 e.